The fourth-order valence-corrected chi connectivity index (χ4v) is 1.73. The van der Waals surface area contributed by atoms with E-state index in [0.29, 0.717) is 38.3 Å². The maximum Gasteiger partial charge on any atom is 0.329 e. The molecule has 6 nitrogen and oxygen atoms in total. The van der Waals surface area contributed by atoms with Crippen molar-refractivity contribution in [2.24, 2.45) is 0 Å². The molecule has 0 spiro atoms. The lowest BCUT2D eigenvalue weighted by Gasteiger charge is -2.07. The number of hydrogen-bond acceptors (Lipinski definition) is 4. The normalized spacial score (nSPS) is 10.9. The summed E-state index contributed by atoms with van der Waals surface area (Å²) >= 11 is 5.72. The van der Waals surface area contributed by atoms with Crippen molar-refractivity contribution in [3.8, 4) is 0 Å². The summed E-state index contributed by atoms with van der Waals surface area (Å²) < 4.78 is 11.3. The number of nitrogens with zero attached hydrogens (tertiary/aromatic N) is 1. The van der Waals surface area contributed by atoms with E-state index in [4.69, 9.17) is 21.1 Å². The van der Waals surface area contributed by atoms with E-state index in [0.717, 1.165) is 11.0 Å². The van der Waals surface area contributed by atoms with Crippen LogP contribution >= 0.6 is 11.6 Å². The van der Waals surface area contributed by atoms with Gasteiger partial charge in [0.2, 0.25) is 0 Å². The fraction of sp³-hybridized carbons (Fsp3) is 0.667. The summed E-state index contributed by atoms with van der Waals surface area (Å²) in [6.45, 7) is 3.65. The first-order valence-electron chi connectivity index (χ1n) is 6.13. The van der Waals surface area contributed by atoms with Gasteiger partial charge < -0.3 is 9.47 Å². The first kappa shape index (κ1) is 15.9. The van der Waals surface area contributed by atoms with Crippen molar-refractivity contribution in [3.05, 3.63) is 31.6 Å². The van der Waals surface area contributed by atoms with Crippen molar-refractivity contribution in [3.63, 3.8) is 0 Å². The van der Waals surface area contributed by atoms with Crippen molar-refractivity contribution < 1.29 is 9.47 Å². The molecule has 0 atom stereocenters. The molecular formula is C12H19ClN2O4. The molecule has 0 bridgehead atoms. The lowest BCUT2D eigenvalue weighted by Crippen LogP contribution is -2.36. The van der Waals surface area contributed by atoms with Crippen LogP contribution in [0, 0.1) is 6.92 Å². The summed E-state index contributed by atoms with van der Waals surface area (Å²) in [5, 5.41) is 0.106. The number of aromatic amines is 1. The van der Waals surface area contributed by atoms with Gasteiger partial charge in [0.1, 0.15) is 5.15 Å². The van der Waals surface area contributed by atoms with E-state index < -0.39 is 5.69 Å². The van der Waals surface area contributed by atoms with Gasteiger partial charge in [-0.15, -0.1) is 0 Å². The average molecular weight is 291 g/mol. The highest BCUT2D eigenvalue weighted by atomic mass is 35.5. The molecule has 0 saturated carbocycles. The number of H-pyrrole nitrogens is 1. The zero-order valence-corrected chi connectivity index (χ0v) is 12.0. The second kappa shape index (κ2) is 8.14. The van der Waals surface area contributed by atoms with Gasteiger partial charge in [0, 0.05) is 25.8 Å². The third kappa shape index (κ3) is 4.81. The summed E-state index contributed by atoms with van der Waals surface area (Å²) in [4.78, 5) is 25.9. The maximum absolute atomic E-state index is 11.8. The fourth-order valence-electron chi connectivity index (χ4n) is 1.57. The van der Waals surface area contributed by atoms with Crippen molar-refractivity contribution in [2.45, 2.75) is 26.3 Å². The second-order valence-corrected chi connectivity index (χ2v) is 4.52. The third-order valence-corrected chi connectivity index (χ3v) is 3.09. The van der Waals surface area contributed by atoms with E-state index in [2.05, 4.69) is 4.98 Å². The number of unbranched alkanes of at least 4 members (excludes halogenated alkanes) is 1. The molecule has 0 unspecified atom stereocenters. The Bertz CT molecular complexity index is 509. The minimum absolute atomic E-state index is 0.106. The molecule has 1 heterocycles. The third-order valence-electron chi connectivity index (χ3n) is 2.71. The van der Waals surface area contributed by atoms with Gasteiger partial charge in [0.05, 0.1) is 13.2 Å². The Morgan fingerprint density at radius 1 is 1.21 bits per heavy atom. The summed E-state index contributed by atoms with van der Waals surface area (Å²) in [6, 6.07) is 0. The van der Waals surface area contributed by atoms with Gasteiger partial charge in [-0.3, -0.25) is 14.3 Å². The van der Waals surface area contributed by atoms with Crippen LogP contribution in [0.3, 0.4) is 0 Å². The minimum atomic E-state index is -0.471. The maximum atomic E-state index is 11.8. The lowest BCUT2D eigenvalue weighted by atomic mass is 10.3. The molecule has 1 aromatic heterocycles. The molecule has 108 valence electrons. The molecule has 0 amide bonds. The highest BCUT2D eigenvalue weighted by Gasteiger charge is 2.08. The monoisotopic (exact) mass is 290 g/mol. The summed E-state index contributed by atoms with van der Waals surface area (Å²) in [7, 11) is 1.62. The first-order chi connectivity index (χ1) is 9.07. The van der Waals surface area contributed by atoms with Crippen LogP contribution in [0.5, 0.6) is 0 Å². The van der Waals surface area contributed by atoms with Gasteiger partial charge in [-0.1, -0.05) is 11.6 Å². The topological polar surface area (TPSA) is 73.3 Å². The van der Waals surface area contributed by atoms with Crippen molar-refractivity contribution in [2.75, 3.05) is 26.9 Å². The van der Waals surface area contributed by atoms with Crippen LogP contribution in [-0.2, 0) is 16.0 Å². The predicted molar refractivity (Wildman–Crippen MR) is 73.0 cm³/mol. The Morgan fingerprint density at radius 3 is 2.63 bits per heavy atom. The Morgan fingerprint density at radius 2 is 1.95 bits per heavy atom. The minimum Gasteiger partial charge on any atom is -0.382 e. The van der Waals surface area contributed by atoms with Crippen LogP contribution in [0.4, 0.5) is 0 Å². The summed E-state index contributed by atoms with van der Waals surface area (Å²) in [5.41, 5.74) is -0.451. The second-order valence-electron chi connectivity index (χ2n) is 4.14. The summed E-state index contributed by atoms with van der Waals surface area (Å²) in [5.74, 6) is 0. The molecule has 1 N–H and O–H groups in total. The number of methoxy groups -OCH3 is 1. The van der Waals surface area contributed by atoms with Gasteiger partial charge in [-0.25, -0.2) is 4.79 Å². The van der Waals surface area contributed by atoms with E-state index in [-0.39, 0.29) is 10.7 Å². The zero-order valence-electron chi connectivity index (χ0n) is 11.2. The van der Waals surface area contributed by atoms with Crippen LogP contribution in [0.15, 0.2) is 9.59 Å². The lowest BCUT2D eigenvalue weighted by molar-refractivity contribution is 0.0683. The Kier molecular flexibility index (Phi) is 6.83. The SMILES string of the molecule is COCCOCCCCn1c(=O)[nH]c(Cl)c(C)c1=O. The molecule has 1 rings (SSSR count). The number of aromatic nitrogens is 2. The van der Waals surface area contributed by atoms with E-state index in [1.54, 1.807) is 14.0 Å². The van der Waals surface area contributed by atoms with Gasteiger partial charge in [-0.05, 0) is 19.8 Å². The molecule has 0 aromatic carbocycles. The van der Waals surface area contributed by atoms with Crippen LogP contribution in [0.25, 0.3) is 0 Å². The molecule has 7 heteroatoms. The van der Waals surface area contributed by atoms with Gasteiger partial charge in [0.25, 0.3) is 5.56 Å². The van der Waals surface area contributed by atoms with E-state index in [9.17, 15) is 9.59 Å². The predicted octanol–water partition coefficient (Wildman–Crippen LogP) is 0.942. The molecule has 19 heavy (non-hydrogen) atoms. The molecule has 1 aromatic rings. The van der Waals surface area contributed by atoms with Crippen LogP contribution in [0.2, 0.25) is 5.15 Å². The number of rotatable bonds is 8. The number of ether oxygens (including phenoxy) is 2. The van der Waals surface area contributed by atoms with Gasteiger partial charge in [-0.2, -0.15) is 0 Å². The summed E-state index contributed by atoms with van der Waals surface area (Å²) in [6.07, 6.45) is 1.47. The number of halogens is 1. The van der Waals surface area contributed by atoms with E-state index in [1.165, 1.54) is 0 Å². The van der Waals surface area contributed by atoms with E-state index in [1.807, 2.05) is 0 Å². The molecule has 0 saturated heterocycles. The Balaban J connectivity index is 2.44. The highest BCUT2D eigenvalue weighted by Crippen LogP contribution is 2.03. The largest absolute Gasteiger partial charge is 0.382 e. The molecule has 0 aliphatic rings. The molecule has 0 radical (unpaired) electrons. The van der Waals surface area contributed by atoms with Crippen molar-refractivity contribution >= 4 is 11.6 Å². The molecular weight excluding hydrogens is 272 g/mol. The van der Waals surface area contributed by atoms with Gasteiger partial charge >= 0.3 is 5.69 Å². The quantitative estimate of drug-likeness (QED) is 0.571. The number of hydrogen-bond donors (Lipinski definition) is 1. The smallest absolute Gasteiger partial charge is 0.329 e. The van der Waals surface area contributed by atoms with Crippen LogP contribution < -0.4 is 11.2 Å². The standard InChI is InChI=1S/C12H19ClN2O4/c1-9-10(13)14-12(17)15(11(9)16)5-3-4-6-19-8-7-18-2/h3-8H2,1-2H3,(H,14,17). The van der Waals surface area contributed by atoms with Crippen molar-refractivity contribution in [1.29, 1.82) is 0 Å². The molecule has 0 fully saturated rings. The van der Waals surface area contributed by atoms with Crippen molar-refractivity contribution in [1.82, 2.24) is 9.55 Å². The van der Waals surface area contributed by atoms with Crippen LogP contribution in [-0.4, -0.2) is 36.5 Å². The Labute approximate surface area is 116 Å². The highest BCUT2D eigenvalue weighted by molar-refractivity contribution is 6.30. The molecule has 0 aliphatic carbocycles. The Hall–Kier alpha value is -1.11. The number of nitrogens with one attached hydrogen (secondary N) is 1. The molecule has 0 aliphatic heterocycles. The van der Waals surface area contributed by atoms with E-state index >= 15 is 0 Å². The first-order valence-corrected chi connectivity index (χ1v) is 6.51. The van der Waals surface area contributed by atoms with Gasteiger partial charge in [0.15, 0.2) is 0 Å². The van der Waals surface area contributed by atoms with Crippen LogP contribution in [0.1, 0.15) is 18.4 Å². The zero-order chi connectivity index (χ0) is 14.3. The average Bonchev–Trinajstić information content (AvgIpc) is 2.38.